The van der Waals surface area contributed by atoms with Gasteiger partial charge in [-0.2, -0.15) is 4.98 Å². The summed E-state index contributed by atoms with van der Waals surface area (Å²) < 4.78 is 5.24. The largest absolute Gasteiger partial charge is 0.376 e. The third kappa shape index (κ3) is 2.37. The molecule has 1 aromatic heterocycles. The summed E-state index contributed by atoms with van der Waals surface area (Å²) in [6.45, 7) is 2.66. The molecule has 0 radical (unpaired) electrons. The summed E-state index contributed by atoms with van der Waals surface area (Å²) in [4.78, 5) is 4.42. The molecule has 0 spiro atoms. The minimum absolute atomic E-state index is 0.530. The molecule has 1 heterocycles. The van der Waals surface area contributed by atoms with E-state index in [1.165, 1.54) is 24.8 Å². The van der Waals surface area contributed by atoms with Crippen molar-refractivity contribution < 1.29 is 4.52 Å². The number of nitrogens with one attached hydrogen (secondary N) is 1. The van der Waals surface area contributed by atoms with Crippen LogP contribution in [0.1, 0.15) is 42.5 Å². The van der Waals surface area contributed by atoms with Crippen molar-refractivity contribution in [2.24, 2.45) is 0 Å². The lowest BCUT2D eigenvalue weighted by atomic mass is 9.85. The monoisotopic (exact) mass is 243 g/mol. The molecule has 94 valence electrons. The normalized spacial score (nSPS) is 15.4. The molecule has 1 aliphatic rings. The van der Waals surface area contributed by atoms with Gasteiger partial charge >= 0.3 is 0 Å². The van der Waals surface area contributed by atoms with Gasteiger partial charge in [0.2, 0.25) is 5.89 Å². The van der Waals surface area contributed by atoms with Gasteiger partial charge in [-0.05, 0) is 31.9 Å². The van der Waals surface area contributed by atoms with Crippen LogP contribution in [0.5, 0.6) is 0 Å². The Kier molecular flexibility index (Phi) is 3.00. The molecule has 18 heavy (non-hydrogen) atoms. The number of rotatable bonds is 4. The predicted molar refractivity (Wildman–Crippen MR) is 69.4 cm³/mol. The van der Waals surface area contributed by atoms with Crippen molar-refractivity contribution in [3.05, 3.63) is 41.5 Å². The van der Waals surface area contributed by atoms with E-state index >= 15 is 0 Å². The zero-order valence-corrected chi connectivity index (χ0v) is 10.5. The zero-order valence-electron chi connectivity index (χ0n) is 10.5. The van der Waals surface area contributed by atoms with Crippen molar-refractivity contribution in [1.29, 1.82) is 0 Å². The van der Waals surface area contributed by atoms with Gasteiger partial charge in [-0.1, -0.05) is 29.3 Å². The van der Waals surface area contributed by atoms with E-state index in [0.29, 0.717) is 18.4 Å². The highest BCUT2D eigenvalue weighted by Gasteiger charge is 2.24. The van der Waals surface area contributed by atoms with E-state index in [2.05, 4.69) is 46.6 Å². The Labute approximate surface area is 106 Å². The predicted octanol–water partition coefficient (Wildman–Crippen LogP) is 3.26. The first-order valence-corrected chi connectivity index (χ1v) is 6.44. The molecule has 0 unspecified atom stereocenters. The number of aromatic nitrogens is 2. The molecule has 1 aliphatic carbocycles. The summed E-state index contributed by atoms with van der Waals surface area (Å²) in [6, 6.07) is 8.27. The second-order valence-electron chi connectivity index (χ2n) is 4.89. The van der Waals surface area contributed by atoms with Gasteiger partial charge in [0.15, 0.2) is 5.82 Å². The third-order valence-electron chi connectivity index (χ3n) is 3.45. The minimum Gasteiger partial charge on any atom is -0.376 e. The summed E-state index contributed by atoms with van der Waals surface area (Å²) in [7, 11) is 0. The zero-order chi connectivity index (χ0) is 12.4. The first-order valence-electron chi connectivity index (χ1n) is 6.44. The molecule has 0 aliphatic heterocycles. The maximum atomic E-state index is 5.24. The number of anilines is 1. The molecule has 1 fully saturated rings. The Balaban J connectivity index is 1.59. The quantitative estimate of drug-likeness (QED) is 0.895. The summed E-state index contributed by atoms with van der Waals surface area (Å²) in [5.41, 5.74) is 2.33. The topological polar surface area (TPSA) is 51.0 Å². The van der Waals surface area contributed by atoms with Crippen molar-refractivity contribution >= 4 is 5.69 Å². The van der Waals surface area contributed by atoms with Crippen LogP contribution in [0.3, 0.4) is 0 Å². The second-order valence-corrected chi connectivity index (χ2v) is 4.89. The van der Waals surface area contributed by atoms with Crippen molar-refractivity contribution in [2.75, 3.05) is 5.32 Å². The Morgan fingerprint density at radius 3 is 2.72 bits per heavy atom. The van der Waals surface area contributed by atoms with E-state index in [0.717, 1.165) is 11.5 Å². The van der Waals surface area contributed by atoms with Gasteiger partial charge in [0.1, 0.15) is 0 Å². The number of aryl methyl sites for hydroxylation is 1. The Hall–Kier alpha value is -1.84. The molecule has 0 atom stereocenters. The fraction of sp³-hybridized carbons (Fsp3) is 0.429. The van der Waals surface area contributed by atoms with Crippen molar-refractivity contribution in [3.8, 4) is 0 Å². The lowest BCUT2D eigenvalue weighted by Crippen LogP contribution is -2.10. The average molecular weight is 243 g/mol. The highest BCUT2D eigenvalue weighted by molar-refractivity contribution is 5.44. The Morgan fingerprint density at radius 2 is 2.06 bits per heavy atom. The fourth-order valence-corrected chi connectivity index (χ4v) is 2.02. The van der Waals surface area contributed by atoms with Crippen LogP contribution in [0.15, 0.2) is 28.8 Å². The molecule has 0 amide bonds. The van der Waals surface area contributed by atoms with Gasteiger partial charge in [-0.25, -0.2) is 0 Å². The van der Waals surface area contributed by atoms with Crippen LogP contribution in [-0.4, -0.2) is 10.1 Å². The summed E-state index contributed by atoms with van der Waals surface area (Å²) in [5, 5.41) is 7.32. The van der Waals surface area contributed by atoms with E-state index in [-0.39, 0.29) is 0 Å². The van der Waals surface area contributed by atoms with E-state index in [1.54, 1.807) is 0 Å². The molecule has 0 bridgehead atoms. The van der Waals surface area contributed by atoms with E-state index in [9.17, 15) is 0 Å². The number of hydrogen-bond donors (Lipinski definition) is 1. The van der Waals surface area contributed by atoms with Gasteiger partial charge < -0.3 is 9.84 Å². The molecule has 2 aromatic rings. The van der Waals surface area contributed by atoms with Crippen LogP contribution < -0.4 is 5.32 Å². The fourth-order valence-electron chi connectivity index (χ4n) is 2.02. The van der Waals surface area contributed by atoms with Crippen LogP contribution in [0.2, 0.25) is 0 Å². The van der Waals surface area contributed by atoms with E-state index < -0.39 is 0 Å². The Morgan fingerprint density at radius 1 is 1.28 bits per heavy atom. The van der Waals surface area contributed by atoms with Crippen LogP contribution in [0, 0.1) is 6.92 Å². The van der Waals surface area contributed by atoms with Gasteiger partial charge in [0, 0.05) is 11.6 Å². The van der Waals surface area contributed by atoms with Crippen LogP contribution in [0.4, 0.5) is 5.69 Å². The van der Waals surface area contributed by atoms with E-state index in [4.69, 9.17) is 4.52 Å². The van der Waals surface area contributed by atoms with Crippen molar-refractivity contribution in [1.82, 2.24) is 10.1 Å². The standard InChI is InChI=1S/C14H17N3O/c1-10-5-7-12(8-6-10)15-9-13-16-14(17-18-13)11-3-2-4-11/h5-8,11,15H,2-4,9H2,1H3. The highest BCUT2D eigenvalue weighted by atomic mass is 16.5. The van der Waals surface area contributed by atoms with Crippen molar-refractivity contribution in [2.45, 2.75) is 38.6 Å². The number of nitrogens with zero attached hydrogens (tertiary/aromatic N) is 2. The average Bonchev–Trinajstić information content (AvgIpc) is 2.75. The molecular formula is C14H17N3O. The molecule has 1 N–H and O–H groups in total. The van der Waals surface area contributed by atoms with Gasteiger partial charge in [-0.15, -0.1) is 0 Å². The lowest BCUT2D eigenvalue weighted by Gasteiger charge is -2.20. The third-order valence-corrected chi connectivity index (χ3v) is 3.45. The SMILES string of the molecule is Cc1ccc(NCc2nc(C3CCC3)no2)cc1. The summed E-state index contributed by atoms with van der Waals surface area (Å²) in [5.74, 6) is 2.07. The maximum absolute atomic E-state index is 5.24. The highest BCUT2D eigenvalue weighted by Crippen LogP contribution is 2.34. The number of benzene rings is 1. The molecule has 3 rings (SSSR count). The van der Waals surface area contributed by atoms with Crippen LogP contribution in [0.25, 0.3) is 0 Å². The second kappa shape index (κ2) is 4.80. The Bertz CT molecular complexity index is 514. The first kappa shape index (κ1) is 11.3. The van der Waals surface area contributed by atoms with Gasteiger partial charge in [-0.3, -0.25) is 0 Å². The molecule has 4 heteroatoms. The van der Waals surface area contributed by atoms with Crippen molar-refractivity contribution in [3.63, 3.8) is 0 Å². The van der Waals surface area contributed by atoms with Gasteiger partial charge in [0.05, 0.1) is 6.54 Å². The molecule has 1 saturated carbocycles. The molecule has 1 aromatic carbocycles. The minimum atomic E-state index is 0.530. The lowest BCUT2D eigenvalue weighted by molar-refractivity contribution is 0.349. The van der Waals surface area contributed by atoms with Crippen LogP contribution >= 0.6 is 0 Å². The smallest absolute Gasteiger partial charge is 0.245 e. The first-order chi connectivity index (χ1) is 8.81. The molecule has 0 saturated heterocycles. The van der Waals surface area contributed by atoms with E-state index in [1.807, 2.05) is 0 Å². The summed E-state index contributed by atoms with van der Waals surface area (Å²) in [6.07, 6.45) is 3.69. The maximum Gasteiger partial charge on any atom is 0.245 e. The van der Waals surface area contributed by atoms with Gasteiger partial charge in [0.25, 0.3) is 0 Å². The van der Waals surface area contributed by atoms with Crippen LogP contribution in [-0.2, 0) is 6.54 Å². The number of hydrogen-bond acceptors (Lipinski definition) is 4. The summed E-state index contributed by atoms with van der Waals surface area (Å²) >= 11 is 0. The molecule has 4 nitrogen and oxygen atoms in total. The molecular weight excluding hydrogens is 226 g/mol.